The molecule has 0 atom stereocenters. The summed E-state index contributed by atoms with van der Waals surface area (Å²) in [6.45, 7) is 5.83. The van der Waals surface area contributed by atoms with Crippen LogP contribution in [-0.4, -0.2) is 58.2 Å². The second-order valence-corrected chi connectivity index (χ2v) is 8.18. The summed E-state index contributed by atoms with van der Waals surface area (Å²) >= 11 is 6.21. The lowest BCUT2D eigenvalue weighted by Crippen LogP contribution is -2.54. The summed E-state index contributed by atoms with van der Waals surface area (Å²) in [5, 5.41) is 9.34. The standard InChI is InChI=1S/C20H20ClN7O2/c1-12-24-17-11-28(10-15(17)18(25-12)26-3-2-4-26)20(29)30-14-8-27(9-14)19-16(21)5-13(6-22)7-23-19/h5,7,14H,2-4,8-11H2,1H3. The molecule has 3 aliphatic heterocycles. The fourth-order valence-corrected chi connectivity index (χ4v) is 4.19. The summed E-state index contributed by atoms with van der Waals surface area (Å²) in [7, 11) is 0. The number of rotatable bonds is 3. The monoisotopic (exact) mass is 425 g/mol. The maximum Gasteiger partial charge on any atom is 0.410 e. The molecule has 0 bridgehead atoms. The van der Waals surface area contributed by atoms with Crippen molar-refractivity contribution in [2.24, 2.45) is 0 Å². The van der Waals surface area contributed by atoms with Gasteiger partial charge in [-0.1, -0.05) is 11.6 Å². The molecule has 0 aliphatic carbocycles. The molecule has 5 heterocycles. The van der Waals surface area contributed by atoms with E-state index in [0.29, 0.717) is 42.6 Å². The molecule has 2 aromatic rings. The molecule has 1 amide bonds. The van der Waals surface area contributed by atoms with E-state index in [4.69, 9.17) is 21.6 Å². The van der Waals surface area contributed by atoms with Crippen LogP contribution in [0.3, 0.4) is 0 Å². The Balaban J connectivity index is 1.20. The van der Waals surface area contributed by atoms with E-state index in [1.54, 1.807) is 11.0 Å². The molecular weight excluding hydrogens is 406 g/mol. The van der Waals surface area contributed by atoms with Crippen LogP contribution < -0.4 is 9.80 Å². The fourth-order valence-electron chi connectivity index (χ4n) is 3.90. The van der Waals surface area contributed by atoms with Crippen molar-refractivity contribution in [3.63, 3.8) is 0 Å². The number of ether oxygens (including phenoxy) is 1. The van der Waals surface area contributed by atoms with Crippen molar-refractivity contribution < 1.29 is 9.53 Å². The average molecular weight is 426 g/mol. The molecule has 0 unspecified atom stereocenters. The van der Waals surface area contributed by atoms with Gasteiger partial charge in [0.25, 0.3) is 0 Å². The van der Waals surface area contributed by atoms with E-state index in [1.165, 1.54) is 12.6 Å². The number of nitriles is 1. The fraction of sp³-hybridized carbons (Fsp3) is 0.450. The van der Waals surface area contributed by atoms with Crippen molar-refractivity contribution in [3.05, 3.63) is 39.9 Å². The van der Waals surface area contributed by atoms with Crippen molar-refractivity contribution in [1.82, 2.24) is 19.9 Å². The summed E-state index contributed by atoms with van der Waals surface area (Å²) in [5.74, 6) is 2.28. The molecule has 2 fully saturated rings. The zero-order valence-electron chi connectivity index (χ0n) is 16.5. The Morgan fingerprint density at radius 3 is 2.70 bits per heavy atom. The SMILES string of the molecule is Cc1nc2c(c(N3CCC3)n1)CN(C(=O)OC1CN(c3ncc(C#N)cc3Cl)C1)C2. The van der Waals surface area contributed by atoms with Crippen molar-refractivity contribution in [2.45, 2.75) is 32.5 Å². The zero-order valence-corrected chi connectivity index (χ0v) is 17.3. The van der Waals surface area contributed by atoms with Crippen molar-refractivity contribution in [2.75, 3.05) is 36.0 Å². The predicted octanol–water partition coefficient (Wildman–Crippen LogP) is 2.26. The first-order chi connectivity index (χ1) is 14.5. The number of nitrogens with zero attached hydrogens (tertiary/aromatic N) is 7. The Kier molecular flexibility index (Phi) is 4.59. The lowest BCUT2D eigenvalue weighted by Gasteiger charge is -2.40. The summed E-state index contributed by atoms with van der Waals surface area (Å²) in [6.07, 6.45) is 2.09. The number of pyridine rings is 1. The first kappa shape index (κ1) is 18.9. The van der Waals surface area contributed by atoms with Gasteiger partial charge in [0.05, 0.1) is 42.5 Å². The summed E-state index contributed by atoms with van der Waals surface area (Å²) < 4.78 is 5.67. The maximum atomic E-state index is 12.7. The van der Waals surface area contributed by atoms with Gasteiger partial charge in [-0.05, 0) is 19.4 Å². The van der Waals surface area contributed by atoms with Gasteiger partial charge >= 0.3 is 6.09 Å². The molecule has 154 valence electrons. The van der Waals surface area contributed by atoms with Gasteiger partial charge in [0.15, 0.2) is 0 Å². The Hall–Kier alpha value is -3.12. The van der Waals surface area contributed by atoms with Crippen LogP contribution >= 0.6 is 11.6 Å². The number of carbonyl (C=O) groups is 1. The number of fused-ring (bicyclic) bond motifs is 1. The van der Waals surface area contributed by atoms with E-state index >= 15 is 0 Å². The van der Waals surface area contributed by atoms with Crippen molar-refractivity contribution in [3.8, 4) is 6.07 Å². The van der Waals surface area contributed by atoms with Crippen LogP contribution in [0.1, 0.15) is 29.1 Å². The lowest BCUT2D eigenvalue weighted by atomic mass is 10.1. The van der Waals surface area contributed by atoms with E-state index in [9.17, 15) is 4.79 Å². The molecule has 2 aromatic heterocycles. The van der Waals surface area contributed by atoms with Gasteiger partial charge in [-0.3, -0.25) is 4.90 Å². The van der Waals surface area contributed by atoms with Gasteiger partial charge in [-0.2, -0.15) is 5.26 Å². The van der Waals surface area contributed by atoms with Crippen LogP contribution in [0.4, 0.5) is 16.4 Å². The molecule has 30 heavy (non-hydrogen) atoms. The smallest absolute Gasteiger partial charge is 0.410 e. The highest BCUT2D eigenvalue weighted by Crippen LogP contribution is 2.33. The minimum absolute atomic E-state index is 0.225. The normalized spacial score (nSPS) is 17.8. The quantitative estimate of drug-likeness (QED) is 0.738. The largest absolute Gasteiger partial charge is 0.442 e. The Labute approximate surface area is 178 Å². The van der Waals surface area contributed by atoms with E-state index in [1.807, 2.05) is 17.9 Å². The maximum absolute atomic E-state index is 12.7. The molecule has 2 saturated heterocycles. The highest BCUT2D eigenvalue weighted by molar-refractivity contribution is 6.33. The molecule has 3 aliphatic rings. The van der Waals surface area contributed by atoms with E-state index < -0.39 is 0 Å². The predicted molar refractivity (Wildman–Crippen MR) is 109 cm³/mol. The number of anilines is 2. The van der Waals surface area contributed by atoms with Gasteiger partial charge in [0, 0.05) is 24.8 Å². The number of aromatic nitrogens is 3. The third-order valence-electron chi connectivity index (χ3n) is 5.65. The molecule has 0 saturated carbocycles. The van der Waals surface area contributed by atoms with Crippen LogP contribution in [0.15, 0.2) is 12.3 Å². The average Bonchev–Trinajstić information content (AvgIpc) is 3.07. The van der Waals surface area contributed by atoms with Crippen LogP contribution in [0.2, 0.25) is 5.02 Å². The second-order valence-electron chi connectivity index (χ2n) is 7.77. The Morgan fingerprint density at radius 1 is 1.23 bits per heavy atom. The van der Waals surface area contributed by atoms with Gasteiger partial charge < -0.3 is 14.5 Å². The van der Waals surface area contributed by atoms with Crippen LogP contribution in [-0.2, 0) is 17.8 Å². The molecular formula is C20H20ClN7O2. The first-order valence-corrected chi connectivity index (χ1v) is 10.3. The third-order valence-corrected chi connectivity index (χ3v) is 5.93. The molecule has 0 aromatic carbocycles. The number of hydrogen-bond acceptors (Lipinski definition) is 8. The number of halogens is 1. The van der Waals surface area contributed by atoms with E-state index in [0.717, 1.165) is 36.0 Å². The highest BCUT2D eigenvalue weighted by Gasteiger charge is 2.36. The number of amides is 1. The van der Waals surface area contributed by atoms with Gasteiger partial charge in [0.1, 0.15) is 29.6 Å². The number of aryl methyl sites for hydroxylation is 1. The highest BCUT2D eigenvalue weighted by atomic mass is 35.5. The Bertz CT molecular complexity index is 1060. The minimum Gasteiger partial charge on any atom is -0.442 e. The third kappa shape index (κ3) is 3.27. The molecule has 0 N–H and O–H groups in total. The van der Waals surface area contributed by atoms with Crippen LogP contribution in [0.25, 0.3) is 0 Å². The zero-order chi connectivity index (χ0) is 20.8. The van der Waals surface area contributed by atoms with Gasteiger partial charge in [-0.15, -0.1) is 0 Å². The summed E-state index contributed by atoms with van der Waals surface area (Å²) in [5.41, 5.74) is 2.35. The van der Waals surface area contributed by atoms with Crippen molar-refractivity contribution in [1.29, 1.82) is 5.26 Å². The minimum atomic E-state index is -0.344. The van der Waals surface area contributed by atoms with E-state index in [-0.39, 0.29) is 12.2 Å². The number of carbonyl (C=O) groups excluding carboxylic acids is 1. The summed E-state index contributed by atoms with van der Waals surface area (Å²) in [6, 6.07) is 3.60. The summed E-state index contributed by atoms with van der Waals surface area (Å²) in [4.78, 5) is 31.9. The van der Waals surface area contributed by atoms with Gasteiger partial charge in [-0.25, -0.2) is 19.7 Å². The second kappa shape index (κ2) is 7.29. The molecule has 10 heteroatoms. The molecule has 0 spiro atoms. The Morgan fingerprint density at radius 2 is 2.03 bits per heavy atom. The number of hydrogen-bond donors (Lipinski definition) is 0. The van der Waals surface area contributed by atoms with Gasteiger partial charge in [0.2, 0.25) is 0 Å². The van der Waals surface area contributed by atoms with Crippen LogP contribution in [0, 0.1) is 18.3 Å². The molecule has 9 nitrogen and oxygen atoms in total. The van der Waals surface area contributed by atoms with Crippen LogP contribution in [0.5, 0.6) is 0 Å². The molecule has 0 radical (unpaired) electrons. The first-order valence-electron chi connectivity index (χ1n) is 9.89. The molecule has 5 rings (SSSR count). The van der Waals surface area contributed by atoms with E-state index in [2.05, 4.69) is 19.9 Å². The lowest BCUT2D eigenvalue weighted by molar-refractivity contribution is 0.0488. The van der Waals surface area contributed by atoms with Crippen molar-refractivity contribution >= 4 is 29.3 Å². The topological polar surface area (TPSA) is 98.5 Å².